The molecule has 0 bridgehead atoms. The Morgan fingerprint density at radius 2 is 1.89 bits per heavy atom. The summed E-state index contributed by atoms with van der Waals surface area (Å²) in [5.74, 6) is 0.412. The number of carbonyl (C=O) groups is 2. The molecule has 2 heterocycles. The van der Waals surface area contributed by atoms with Crippen LogP contribution >= 0.6 is 27.5 Å². The van der Waals surface area contributed by atoms with Gasteiger partial charge in [0, 0.05) is 37.6 Å². The first kappa shape index (κ1) is 20.7. The number of carbonyl (C=O) groups excluding carboxylic acids is 2. The molecule has 1 saturated heterocycles. The van der Waals surface area contributed by atoms with Crippen molar-refractivity contribution in [3.05, 3.63) is 45.8 Å². The molecule has 2 aromatic rings. The Balaban J connectivity index is 1.71. The zero-order valence-electron chi connectivity index (χ0n) is 15.9. The molecule has 150 valence electrons. The lowest BCUT2D eigenvalue weighted by Gasteiger charge is -2.37. The summed E-state index contributed by atoms with van der Waals surface area (Å²) in [7, 11) is 0. The largest absolute Gasteiger partial charge is 0.444 e. The highest BCUT2D eigenvalue weighted by Gasteiger charge is 2.24. The van der Waals surface area contributed by atoms with Gasteiger partial charge in [-0.1, -0.05) is 25.4 Å². The molecular weight excluding hydrogens is 446 g/mol. The maximum atomic E-state index is 12.5. The van der Waals surface area contributed by atoms with Gasteiger partial charge in [0.15, 0.2) is 10.4 Å². The topological polar surface area (TPSA) is 65.8 Å². The molecule has 28 heavy (non-hydrogen) atoms. The van der Waals surface area contributed by atoms with Crippen molar-refractivity contribution in [2.75, 3.05) is 36.4 Å². The molecule has 1 aliphatic rings. The van der Waals surface area contributed by atoms with Crippen LogP contribution in [0.25, 0.3) is 0 Å². The van der Waals surface area contributed by atoms with Gasteiger partial charge in [0.1, 0.15) is 0 Å². The van der Waals surface area contributed by atoms with Crippen LogP contribution in [0.3, 0.4) is 0 Å². The van der Waals surface area contributed by atoms with Gasteiger partial charge in [-0.2, -0.15) is 0 Å². The number of hydrogen-bond donors (Lipinski definition) is 1. The number of nitrogens with one attached hydrogen (secondary N) is 1. The van der Waals surface area contributed by atoms with E-state index in [1.807, 2.05) is 24.8 Å². The van der Waals surface area contributed by atoms with E-state index in [4.69, 9.17) is 16.0 Å². The van der Waals surface area contributed by atoms with Crippen molar-refractivity contribution >= 4 is 50.7 Å². The Kier molecular flexibility index (Phi) is 6.67. The van der Waals surface area contributed by atoms with E-state index < -0.39 is 0 Å². The van der Waals surface area contributed by atoms with Crippen LogP contribution in [0.15, 0.2) is 39.4 Å². The smallest absolute Gasteiger partial charge is 0.291 e. The van der Waals surface area contributed by atoms with Gasteiger partial charge in [0.25, 0.3) is 5.91 Å². The fraction of sp³-hybridized carbons (Fsp3) is 0.400. The number of nitrogens with zero attached hydrogens (tertiary/aromatic N) is 2. The average Bonchev–Trinajstić information content (AvgIpc) is 3.08. The maximum absolute atomic E-state index is 12.5. The molecule has 8 heteroatoms. The Hall–Kier alpha value is -1.99. The van der Waals surface area contributed by atoms with Crippen LogP contribution in [0.2, 0.25) is 5.02 Å². The SMILES string of the molecule is CC(C)CC(=O)N1CCN(c2ccc(Cl)cc2NC(=O)c2ccc(Br)o2)CC1. The van der Waals surface area contributed by atoms with E-state index in [2.05, 4.69) is 26.1 Å². The van der Waals surface area contributed by atoms with Gasteiger partial charge in [-0.15, -0.1) is 0 Å². The molecule has 0 aliphatic carbocycles. The number of benzene rings is 1. The van der Waals surface area contributed by atoms with Crippen molar-refractivity contribution in [1.82, 2.24) is 4.90 Å². The van der Waals surface area contributed by atoms with Gasteiger partial charge < -0.3 is 19.5 Å². The first-order chi connectivity index (χ1) is 13.3. The fourth-order valence-corrected chi connectivity index (χ4v) is 3.66. The van der Waals surface area contributed by atoms with Gasteiger partial charge in [-0.05, 0) is 52.2 Å². The minimum absolute atomic E-state index is 0.197. The van der Waals surface area contributed by atoms with Crippen LogP contribution in [0.1, 0.15) is 30.8 Å². The number of amides is 2. The van der Waals surface area contributed by atoms with Crippen LogP contribution in [-0.2, 0) is 4.79 Å². The van der Waals surface area contributed by atoms with E-state index in [-0.39, 0.29) is 17.6 Å². The zero-order chi connectivity index (χ0) is 20.3. The Bertz CT molecular complexity index is 860. The molecular formula is C20H23BrClN3O3. The Labute approximate surface area is 177 Å². The highest BCUT2D eigenvalue weighted by Crippen LogP contribution is 2.31. The summed E-state index contributed by atoms with van der Waals surface area (Å²) in [6, 6.07) is 8.68. The number of anilines is 2. The maximum Gasteiger partial charge on any atom is 0.291 e. The summed E-state index contributed by atoms with van der Waals surface area (Å²) in [5, 5.41) is 3.41. The van der Waals surface area contributed by atoms with Crippen LogP contribution in [0.4, 0.5) is 11.4 Å². The monoisotopic (exact) mass is 467 g/mol. The van der Waals surface area contributed by atoms with Crippen molar-refractivity contribution in [1.29, 1.82) is 0 Å². The second kappa shape index (κ2) is 9.01. The highest BCUT2D eigenvalue weighted by atomic mass is 79.9. The first-order valence-electron chi connectivity index (χ1n) is 9.22. The Morgan fingerprint density at radius 1 is 1.18 bits per heavy atom. The summed E-state index contributed by atoms with van der Waals surface area (Å²) in [6.45, 7) is 6.81. The van der Waals surface area contributed by atoms with Crippen molar-refractivity contribution in [2.24, 2.45) is 5.92 Å². The van der Waals surface area contributed by atoms with E-state index in [1.165, 1.54) is 0 Å². The van der Waals surface area contributed by atoms with Gasteiger partial charge in [0.2, 0.25) is 5.91 Å². The number of hydrogen-bond acceptors (Lipinski definition) is 4. The second-order valence-corrected chi connectivity index (χ2v) is 8.40. The lowest BCUT2D eigenvalue weighted by molar-refractivity contribution is -0.132. The number of rotatable bonds is 5. The number of halogens is 2. The molecule has 1 aliphatic heterocycles. The molecule has 0 spiro atoms. The number of furan rings is 1. The van der Waals surface area contributed by atoms with Crippen molar-refractivity contribution < 1.29 is 14.0 Å². The summed E-state index contributed by atoms with van der Waals surface area (Å²) in [4.78, 5) is 28.8. The summed E-state index contributed by atoms with van der Waals surface area (Å²) in [6.07, 6.45) is 0.570. The molecule has 1 aromatic carbocycles. The first-order valence-corrected chi connectivity index (χ1v) is 10.4. The minimum Gasteiger partial charge on any atom is -0.444 e. The summed E-state index contributed by atoms with van der Waals surface area (Å²) < 4.78 is 5.81. The predicted molar refractivity (Wildman–Crippen MR) is 114 cm³/mol. The summed E-state index contributed by atoms with van der Waals surface area (Å²) >= 11 is 9.35. The minimum atomic E-state index is -0.347. The van der Waals surface area contributed by atoms with E-state index in [0.29, 0.717) is 53.9 Å². The predicted octanol–water partition coefficient (Wildman–Crippen LogP) is 4.64. The quantitative estimate of drug-likeness (QED) is 0.694. The molecule has 0 saturated carbocycles. The third-order valence-electron chi connectivity index (χ3n) is 4.56. The molecule has 6 nitrogen and oxygen atoms in total. The molecule has 2 amide bonds. The van der Waals surface area contributed by atoms with Crippen LogP contribution in [0.5, 0.6) is 0 Å². The van der Waals surface area contributed by atoms with Gasteiger partial charge >= 0.3 is 0 Å². The van der Waals surface area contributed by atoms with E-state index in [9.17, 15) is 9.59 Å². The lowest BCUT2D eigenvalue weighted by atomic mass is 10.1. The van der Waals surface area contributed by atoms with Crippen LogP contribution in [-0.4, -0.2) is 42.9 Å². The van der Waals surface area contributed by atoms with Crippen molar-refractivity contribution in [3.63, 3.8) is 0 Å². The van der Waals surface area contributed by atoms with Gasteiger partial charge in [-0.3, -0.25) is 9.59 Å². The third-order valence-corrected chi connectivity index (χ3v) is 5.22. The van der Waals surface area contributed by atoms with Crippen LogP contribution in [0, 0.1) is 5.92 Å². The van der Waals surface area contributed by atoms with Crippen LogP contribution < -0.4 is 10.2 Å². The Morgan fingerprint density at radius 3 is 2.50 bits per heavy atom. The normalized spacial score (nSPS) is 14.5. The second-order valence-electron chi connectivity index (χ2n) is 7.19. The highest BCUT2D eigenvalue weighted by molar-refractivity contribution is 9.10. The van der Waals surface area contributed by atoms with Gasteiger partial charge in [0.05, 0.1) is 11.4 Å². The third kappa shape index (κ3) is 5.08. The molecule has 1 N–H and O–H groups in total. The fourth-order valence-electron chi connectivity index (χ4n) is 3.18. The molecule has 1 fully saturated rings. The molecule has 0 radical (unpaired) electrons. The van der Waals surface area contributed by atoms with E-state index in [0.717, 1.165) is 5.69 Å². The molecule has 0 atom stereocenters. The molecule has 1 aromatic heterocycles. The molecule has 0 unspecified atom stereocenters. The number of piperazine rings is 1. The van der Waals surface area contributed by atoms with E-state index in [1.54, 1.807) is 24.3 Å². The summed E-state index contributed by atoms with van der Waals surface area (Å²) in [5.41, 5.74) is 1.49. The molecule has 3 rings (SSSR count). The van der Waals surface area contributed by atoms with Crippen molar-refractivity contribution in [3.8, 4) is 0 Å². The van der Waals surface area contributed by atoms with Gasteiger partial charge in [-0.25, -0.2) is 0 Å². The van der Waals surface area contributed by atoms with E-state index >= 15 is 0 Å². The standard InChI is InChI=1S/C20H23BrClN3O3/c1-13(2)11-19(26)25-9-7-24(8-10-25)16-4-3-14(22)12-15(16)23-20(27)17-5-6-18(21)28-17/h3-6,12-13H,7-11H2,1-2H3,(H,23,27). The average molecular weight is 469 g/mol. The zero-order valence-corrected chi connectivity index (χ0v) is 18.2. The van der Waals surface area contributed by atoms with Crippen molar-refractivity contribution in [2.45, 2.75) is 20.3 Å². The lowest BCUT2D eigenvalue weighted by Crippen LogP contribution is -2.49.